The van der Waals surface area contributed by atoms with E-state index in [0.717, 1.165) is 30.3 Å². The highest BCUT2D eigenvalue weighted by Crippen LogP contribution is 2.01. The van der Waals surface area contributed by atoms with Gasteiger partial charge in [-0.1, -0.05) is 0 Å². The summed E-state index contributed by atoms with van der Waals surface area (Å²) in [6, 6.07) is 0. The summed E-state index contributed by atoms with van der Waals surface area (Å²) in [4.78, 5) is 4.05. The molecule has 3 N–H and O–H groups in total. The van der Waals surface area contributed by atoms with Crippen molar-refractivity contribution in [3.8, 4) is 0 Å². The van der Waals surface area contributed by atoms with Gasteiger partial charge in [0.15, 0.2) is 10.9 Å². The lowest BCUT2D eigenvalue weighted by molar-refractivity contribution is 0.934. The van der Waals surface area contributed by atoms with Crippen LogP contribution in [0.25, 0.3) is 0 Å². The minimum Gasteiger partial charge on any atom is -0.366 e. The Morgan fingerprint density at radius 2 is 2.47 bits per heavy atom. The van der Waals surface area contributed by atoms with Gasteiger partial charge >= 0.3 is 0 Å². The lowest BCUT2D eigenvalue weighted by Gasteiger charge is -2.05. The summed E-state index contributed by atoms with van der Waals surface area (Å²) in [5, 5.41) is 13.3. The molecule has 7 heteroatoms. The molecule has 0 fully saturated rings. The number of rotatable bonds is 6. The van der Waals surface area contributed by atoms with Gasteiger partial charge < -0.3 is 10.6 Å². The molecular weight excluding hydrogens is 230 g/mol. The van der Waals surface area contributed by atoms with E-state index in [-0.39, 0.29) is 0 Å². The molecule has 15 heavy (non-hydrogen) atoms. The van der Waals surface area contributed by atoms with Crippen LogP contribution in [0.4, 0.5) is 0 Å². The van der Waals surface area contributed by atoms with Gasteiger partial charge in [0.2, 0.25) is 0 Å². The third kappa shape index (κ3) is 5.58. The van der Waals surface area contributed by atoms with Gasteiger partial charge in [-0.2, -0.15) is 16.9 Å². The van der Waals surface area contributed by atoms with E-state index in [1.165, 1.54) is 0 Å². The quantitative estimate of drug-likeness (QED) is 0.491. The Morgan fingerprint density at radius 1 is 1.60 bits per heavy atom. The van der Waals surface area contributed by atoms with Crippen LogP contribution in [0.15, 0.2) is 6.33 Å². The second-order valence-electron chi connectivity index (χ2n) is 2.78. The number of nitrogens with one attached hydrogen (secondary N) is 3. The molecule has 5 nitrogen and oxygen atoms in total. The van der Waals surface area contributed by atoms with E-state index in [2.05, 4.69) is 25.8 Å². The lowest BCUT2D eigenvalue weighted by atomic mass is 10.5. The lowest BCUT2D eigenvalue weighted by Crippen LogP contribution is -2.33. The molecule has 0 aromatic carbocycles. The van der Waals surface area contributed by atoms with Crippen LogP contribution in [0.3, 0.4) is 0 Å². The van der Waals surface area contributed by atoms with Crippen molar-refractivity contribution in [2.24, 2.45) is 0 Å². The molecule has 1 heterocycles. The number of H-pyrrole nitrogens is 1. The van der Waals surface area contributed by atoms with E-state index in [4.69, 9.17) is 12.2 Å². The molecule has 0 radical (unpaired) electrons. The fraction of sp³-hybridized carbons (Fsp3) is 0.625. The largest absolute Gasteiger partial charge is 0.366 e. The SMILES string of the molecule is CNC(=S)NCCSCCc1nc[nH]n1. The summed E-state index contributed by atoms with van der Waals surface area (Å²) in [7, 11) is 1.81. The normalized spacial score (nSPS) is 9.93. The third-order valence-corrected chi connectivity index (χ3v) is 3.03. The second-order valence-corrected chi connectivity index (χ2v) is 4.42. The number of aromatic nitrogens is 3. The van der Waals surface area contributed by atoms with Crippen molar-refractivity contribution in [3.63, 3.8) is 0 Å². The molecule has 0 bridgehead atoms. The summed E-state index contributed by atoms with van der Waals surface area (Å²) in [5.74, 6) is 2.94. The summed E-state index contributed by atoms with van der Waals surface area (Å²) in [6.07, 6.45) is 2.51. The zero-order valence-corrected chi connectivity index (χ0v) is 10.2. The van der Waals surface area contributed by atoms with Gasteiger partial charge in [-0.25, -0.2) is 4.98 Å². The molecule has 0 saturated carbocycles. The van der Waals surface area contributed by atoms with E-state index in [1.54, 1.807) is 6.33 Å². The van der Waals surface area contributed by atoms with Crippen molar-refractivity contribution in [3.05, 3.63) is 12.2 Å². The van der Waals surface area contributed by atoms with Crippen molar-refractivity contribution in [1.29, 1.82) is 0 Å². The van der Waals surface area contributed by atoms with Crippen LogP contribution >= 0.6 is 24.0 Å². The molecule has 0 aliphatic heterocycles. The van der Waals surface area contributed by atoms with Crippen LogP contribution in [-0.4, -0.2) is 45.4 Å². The van der Waals surface area contributed by atoms with E-state index in [0.29, 0.717) is 5.11 Å². The first-order valence-electron chi connectivity index (χ1n) is 4.71. The van der Waals surface area contributed by atoms with Gasteiger partial charge in [-0.3, -0.25) is 5.10 Å². The first-order chi connectivity index (χ1) is 7.33. The Hall–Kier alpha value is -0.820. The van der Waals surface area contributed by atoms with Gasteiger partial charge in [0, 0.05) is 31.5 Å². The van der Waals surface area contributed by atoms with Crippen molar-refractivity contribution in [1.82, 2.24) is 25.8 Å². The monoisotopic (exact) mass is 245 g/mol. The molecular formula is C8H15N5S2. The zero-order chi connectivity index (χ0) is 10.9. The fourth-order valence-electron chi connectivity index (χ4n) is 0.947. The first kappa shape index (κ1) is 12.3. The topological polar surface area (TPSA) is 65.6 Å². The molecule has 1 rings (SSSR count). The summed E-state index contributed by atoms with van der Waals surface area (Å²) < 4.78 is 0. The number of thiocarbonyl (C=S) groups is 1. The molecule has 0 spiro atoms. The second kappa shape index (κ2) is 7.47. The molecule has 84 valence electrons. The van der Waals surface area contributed by atoms with Gasteiger partial charge in [0.25, 0.3) is 0 Å². The molecule has 0 aliphatic rings. The summed E-state index contributed by atoms with van der Waals surface area (Å²) in [5.41, 5.74) is 0. The zero-order valence-electron chi connectivity index (χ0n) is 8.62. The van der Waals surface area contributed by atoms with E-state index in [1.807, 2.05) is 18.8 Å². The van der Waals surface area contributed by atoms with Gasteiger partial charge in [0.05, 0.1) is 0 Å². The third-order valence-electron chi connectivity index (χ3n) is 1.69. The number of nitrogens with zero attached hydrogens (tertiary/aromatic N) is 2. The Kier molecular flexibility index (Phi) is 6.10. The smallest absolute Gasteiger partial charge is 0.166 e. The average Bonchev–Trinajstić information content (AvgIpc) is 2.75. The van der Waals surface area contributed by atoms with Crippen LogP contribution in [0.5, 0.6) is 0 Å². The van der Waals surface area contributed by atoms with Crippen LogP contribution in [0.1, 0.15) is 5.82 Å². The van der Waals surface area contributed by atoms with Crippen molar-refractivity contribution in [2.45, 2.75) is 6.42 Å². The summed E-state index contributed by atoms with van der Waals surface area (Å²) >= 11 is 6.80. The molecule has 0 aliphatic carbocycles. The molecule has 1 aromatic rings. The van der Waals surface area contributed by atoms with Crippen molar-refractivity contribution >= 4 is 29.1 Å². The highest BCUT2D eigenvalue weighted by molar-refractivity contribution is 7.99. The number of thioether (sulfide) groups is 1. The molecule has 0 atom stereocenters. The van der Waals surface area contributed by atoms with E-state index >= 15 is 0 Å². The average molecular weight is 245 g/mol. The van der Waals surface area contributed by atoms with Gasteiger partial charge in [0.1, 0.15) is 6.33 Å². The Labute approximate surface area is 98.8 Å². The van der Waals surface area contributed by atoms with Crippen LogP contribution in [0, 0.1) is 0 Å². The van der Waals surface area contributed by atoms with Crippen molar-refractivity contribution in [2.75, 3.05) is 25.1 Å². The highest BCUT2D eigenvalue weighted by Gasteiger charge is 1.96. The minimum atomic E-state index is 0.699. The Balaban J connectivity index is 1.91. The van der Waals surface area contributed by atoms with Crippen LogP contribution in [0.2, 0.25) is 0 Å². The number of aryl methyl sites for hydroxylation is 1. The predicted octanol–water partition coefficient (Wildman–Crippen LogP) is 0.174. The maximum Gasteiger partial charge on any atom is 0.166 e. The maximum atomic E-state index is 4.94. The standard InChI is InChI=1S/C8H15N5S2/c1-9-8(14)10-3-5-15-4-2-7-11-6-12-13-7/h6H,2-5H2,1H3,(H2,9,10,14)(H,11,12,13). The van der Waals surface area contributed by atoms with E-state index in [9.17, 15) is 0 Å². The Morgan fingerprint density at radius 3 is 3.13 bits per heavy atom. The van der Waals surface area contributed by atoms with Crippen LogP contribution in [-0.2, 0) is 6.42 Å². The molecule has 0 unspecified atom stereocenters. The molecule has 1 aromatic heterocycles. The summed E-state index contributed by atoms with van der Waals surface area (Å²) in [6.45, 7) is 0.887. The fourth-order valence-corrected chi connectivity index (χ4v) is 1.83. The van der Waals surface area contributed by atoms with Gasteiger partial charge in [-0.15, -0.1) is 0 Å². The van der Waals surface area contributed by atoms with Crippen molar-refractivity contribution < 1.29 is 0 Å². The van der Waals surface area contributed by atoms with Gasteiger partial charge in [-0.05, 0) is 12.2 Å². The Bertz CT molecular complexity index is 275. The minimum absolute atomic E-state index is 0.699. The molecule has 0 amide bonds. The molecule has 0 saturated heterocycles. The number of hydrogen-bond acceptors (Lipinski definition) is 4. The maximum absolute atomic E-state index is 4.94. The number of hydrogen-bond donors (Lipinski definition) is 3. The predicted molar refractivity (Wildman–Crippen MR) is 67.1 cm³/mol. The van der Waals surface area contributed by atoms with E-state index < -0.39 is 0 Å². The number of aromatic amines is 1. The highest BCUT2D eigenvalue weighted by atomic mass is 32.2. The first-order valence-corrected chi connectivity index (χ1v) is 6.27. The van der Waals surface area contributed by atoms with Crippen LogP contribution < -0.4 is 10.6 Å².